The number of rotatable bonds is 4. The zero-order valence-electron chi connectivity index (χ0n) is 14.4. The van der Waals surface area contributed by atoms with Gasteiger partial charge in [-0.15, -0.1) is 0 Å². The summed E-state index contributed by atoms with van der Waals surface area (Å²) in [6.07, 6.45) is 1.70. The van der Waals surface area contributed by atoms with Gasteiger partial charge in [0.15, 0.2) is 17.8 Å². The third kappa shape index (κ3) is 2.91. The average Bonchev–Trinajstić information content (AvgIpc) is 3.21. The van der Waals surface area contributed by atoms with Crippen molar-refractivity contribution in [3.05, 3.63) is 76.4 Å². The van der Waals surface area contributed by atoms with Crippen LogP contribution in [0.2, 0.25) is 5.02 Å². The maximum atomic E-state index is 12.7. The molecule has 0 aliphatic carbocycles. The molecule has 6 heteroatoms. The Bertz CT molecular complexity index is 1130. The molecule has 0 aliphatic heterocycles. The molecule has 0 amide bonds. The van der Waals surface area contributed by atoms with Gasteiger partial charge in [0.2, 0.25) is 0 Å². The fourth-order valence-corrected chi connectivity index (χ4v) is 3.10. The van der Waals surface area contributed by atoms with Crippen LogP contribution < -0.4 is 0 Å². The van der Waals surface area contributed by atoms with Crippen molar-refractivity contribution in [3.63, 3.8) is 0 Å². The van der Waals surface area contributed by atoms with Crippen molar-refractivity contribution in [2.75, 3.05) is 0 Å². The summed E-state index contributed by atoms with van der Waals surface area (Å²) in [6, 6.07) is 13.0. The Morgan fingerprint density at radius 1 is 1.19 bits per heavy atom. The number of ketones is 1. The highest BCUT2D eigenvalue weighted by Crippen LogP contribution is 2.23. The molecule has 0 atom stereocenters. The first kappa shape index (κ1) is 16.5. The summed E-state index contributed by atoms with van der Waals surface area (Å²) in [4.78, 5) is 16.9. The van der Waals surface area contributed by atoms with Crippen molar-refractivity contribution in [2.45, 2.75) is 20.3 Å². The predicted octanol–water partition coefficient (Wildman–Crippen LogP) is 4.71. The number of fused-ring (bicyclic) bond motifs is 1. The van der Waals surface area contributed by atoms with Crippen molar-refractivity contribution >= 4 is 28.5 Å². The van der Waals surface area contributed by atoms with Crippen molar-refractivity contribution in [3.8, 4) is 5.69 Å². The standard InChI is InChI=1S/C20H16ClN3O2/c1-12-20(21)13(2)24(23-12)16-5-3-4-15(10-16)18(25)9-14-6-7-19-17(8-14)22-11-26-19/h3-8,10-11H,9H2,1-2H3. The number of aryl methyl sites for hydroxylation is 1. The van der Waals surface area contributed by atoms with E-state index in [1.807, 2.05) is 56.3 Å². The van der Waals surface area contributed by atoms with Gasteiger partial charge in [-0.05, 0) is 43.7 Å². The van der Waals surface area contributed by atoms with Gasteiger partial charge < -0.3 is 4.42 Å². The van der Waals surface area contributed by atoms with Crippen molar-refractivity contribution in [1.29, 1.82) is 0 Å². The van der Waals surface area contributed by atoms with Gasteiger partial charge in [0.25, 0.3) is 0 Å². The second kappa shape index (κ2) is 6.42. The first-order valence-electron chi connectivity index (χ1n) is 8.20. The van der Waals surface area contributed by atoms with E-state index in [1.54, 1.807) is 4.68 Å². The second-order valence-electron chi connectivity index (χ2n) is 6.20. The number of hydrogen-bond acceptors (Lipinski definition) is 4. The highest BCUT2D eigenvalue weighted by molar-refractivity contribution is 6.31. The molecule has 0 N–H and O–H groups in total. The predicted molar refractivity (Wildman–Crippen MR) is 100 cm³/mol. The summed E-state index contributed by atoms with van der Waals surface area (Å²) in [7, 11) is 0. The van der Waals surface area contributed by atoms with Crippen LogP contribution in [0, 0.1) is 13.8 Å². The molecular formula is C20H16ClN3O2. The number of halogens is 1. The van der Waals surface area contributed by atoms with Crippen LogP contribution in [-0.2, 0) is 6.42 Å². The van der Waals surface area contributed by atoms with Crippen LogP contribution >= 0.6 is 11.6 Å². The Hall–Kier alpha value is -2.92. The normalized spacial score (nSPS) is 11.2. The fraction of sp³-hybridized carbons (Fsp3) is 0.150. The summed E-state index contributed by atoms with van der Waals surface area (Å²) in [5.41, 5.74) is 5.43. The van der Waals surface area contributed by atoms with E-state index in [2.05, 4.69) is 10.1 Å². The molecule has 130 valence electrons. The van der Waals surface area contributed by atoms with Gasteiger partial charge in [-0.2, -0.15) is 5.10 Å². The third-order valence-corrected chi connectivity index (χ3v) is 4.92. The molecule has 5 nitrogen and oxygen atoms in total. The Kier molecular flexibility index (Phi) is 4.09. The lowest BCUT2D eigenvalue weighted by molar-refractivity contribution is 0.0993. The molecule has 2 aromatic heterocycles. The highest BCUT2D eigenvalue weighted by atomic mass is 35.5. The zero-order valence-corrected chi connectivity index (χ0v) is 15.1. The molecule has 0 radical (unpaired) electrons. The number of benzene rings is 2. The van der Waals surface area contributed by atoms with Crippen LogP contribution in [0.3, 0.4) is 0 Å². The van der Waals surface area contributed by atoms with Crippen molar-refractivity contribution in [2.24, 2.45) is 0 Å². The summed E-state index contributed by atoms with van der Waals surface area (Å²) in [5.74, 6) is 0.0299. The molecule has 4 rings (SSSR count). The first-order valence-corrected chi connectivity index (χ1v) is 8.58. The van der Waals surface area contributed by atoms with Crippen LogP contribution in [0.15, 0.2) is 53.3 Å². The fourth-order valence-electron chi connectivity index (χ4n) is 2.99. The van der Waals surface area contributed by atoms with E-state index in [4.69, 9.17) is 16.0 Å². The number of carbonyl (C=O) groups is 1. The average molecular weight is 366 g/mol. The molecular weight excluding hydrogens is 350 g/mol. The Morgan fingerprint density at radius 3 is 2.81 bits per heavy atom. The quantitative estimate of drug-likeness (QED) is 0.491. The van der Waals surface area contributed by atoms with Gasteiger partial charge in [0, 0.05) is 12.0 Å². The van der Waals surface area contributed by atoms with E-state index in [9.17, 15) is 4.79 Å². The van der Waals surface area contributed by atoms with Crippen LogP contribution in [0.4, 0.5) is 0 Å². The number of oxazole rings is 1. The number of nitrogens with zero attached hydrogens (tertiary/aromatic N) is 3. The lowest BCUT2D eigenvalue weighted by Gasteiger charge is -2.07. The number of carbonyl (C=O) groups excluding carboxylic acids is 1. The molecule has 0 saturated carbocycles. The number of aromatic nitrogens is 3. The van der Waals surface area contributed by atoms with Gasteiger partial charge in [-0.1, -0.05) is 29.8 Å². The smallest absolute Gasteiger partial charge is 0.181 e. The van der Waals surface area contributed by atoms with Crippen LogP contribution in [-0.4, -0.2) is 20.5 Å². The molecule has 2 aromatic carbocycles. The Labute approximate surface area is 155 Å². The largest absolute Gasteiger partial charge is 0.443 e. The van der Waals surface area contributed by atoms with Crippen LogP contribution in [0.1, 0.15) is 27.3 Å². The van der Waals surface area contributed by atoms with Gasteiger partial charge >= 0.3 is 0 Å². The Balaban J connectivity index is 1.63. The monoisotopic (exact) mass is 365 g/mol. The molecule has 26 heavy (non-hydrogen) atoms. The molecule has 2 heterocycles. The minimum atomic E-state index is 0.0299. The first-order chi connectivity index (χ1) is 12.5. The summed E-state index contributed by atoms with van der Waals surface area (Å²) in [6.45, 7) is 3.77. The third-order valence-electron chi connectivity index (χ3n) is 4.38. The van der Waals surface area contributed by atoms with Gasteiger partial charge in [0.05, 0.1) is 22.1 Å². The minimum Gasteiger partial charge on any atom is -0.443 e. The number of hydrogen-bond donors (Lipinski definition) is 0. The Morgan fingerprint density at radius 2 is 2.04 bits per heavy atom. The maximum Gasteiger partial charge on any atom is 0.181 e. The topological polar surface area (TPSA) is 60.9 Å². The van der Waals surface area contributed by atoms with E-state index >= 15 is 0 Å². The maximum absolute atomic E-state index is 12.7. The molecule has 4 aromatic rings. The lowest BCUT2D eigenvalue weighted by atomic mass is 10.0. The van der Waals surface area contributed by atoms with Crippen molar-refractivity contribution < 1.29 is 9.21 Å². The summed E-state index contributed by atoms with van der Waals surface area (Å²) < 4.78 is 6.99. The molecule has 0 spiro atoms. The highest BCUT2D eigenvalue weighted by Gasteiger charge is 2.13. The van der Waals surface area contributed by atoms with Crippen molar-refractivity contribution in [1.82, 2.24) is 14.8 Å². The van der Waals surface area contributed by atoms with E-state index in [1.165, 1.54) is 6.39 Å². The number of Topliss-reactive ketones (excluding diaryl/α,β-unsaturated/α-hetero) is 1. The molecule has 0 unspecified atom stereocenters. The van der Waals surface area contributed by atoms with Crippen LogP contribution in [0.5, 0.6) is 0 Å². The summed E-state index contributed by atoms with van der Waals surface area (Å²) >= 11 is 6.23. The molecule has 0 fully saturated rings. The molecule has 0 bridgehead atoms. The molecule has 0 aliphatic rings. The van der Waals surface area contributed by atoms with Gasteiger partial charge in [-0.25, -0.2) is 9.67 Å². The van der Waals surface area contributed by atoms with Gasteiger partial charge in [0.1, 0.15) is 5.52 Å². The van der Waals surface area contributed by atoms with E-state index in [-0.39, 0.29) is 5.78 Å². The minimum absolute atomic E-state index is 0.0299. The zero-order chi connectivity index (χ0) is 18.3. The summed E-state index contributed by atoms with van der Waals surface area (Å²) in [5, 5.41) is 5.09. The van der Waals surface area contributed by atoms with Gasteiger partial charge in [-0.3, -0.25) is 4.79 Å². The van der Waals surface area contributed by atoms with E-state index < -0.39 is 0 Å². The van der Waals surface area contributed by atoms with Crippen LogP contribution in [0.25, 0.3) is 16.8 Å². The SMILES string of the molecule is Cc1nn(-c2cccc(C(=O)Cc3ccc4ocnc4c3)c2)c(C)c1Cl. The van der Waals surface area contributed by atoms with E-state index in [0.29, 0.717) is 22.6 Å². The second-order valence-corrected chi connectivity index (χ2v) is 6.58. The lowest BCUT2D eigenvalue weighted by Crippen LogP contribution is -2.06. The van der Waals surface area contributed by atoms with E-state index in [0.717, 1.165) is 28.2 Å². The molecule has 0 saturated heterocycles.